The van der Waals surface area contributed by atoms with Crippen LogP contribution in [0.2, 0.25) is 0 Å². The van der Waals surface area contributed by atoms with Gasteiger partial charge in [0, 0.05) is 20.0 Å². The molecule has 9 heteroatoms. The first-order valence-corrected chi connectivity index (χ1v) is 8.77. The van der Waals surface area contributed by atoms with Gasteiger partial charge in [-0.1, -0.05) is 41.2 Å². The molecule has 0 bridgehead atoms. The summed E-state index contributed by atoms with van der Waals surface area (Å²) in [6.07, 6.45) is 3.22. The van der Waals surface area contributed by atoms with Gasteiger partial charge < -0.3 is 14.4 Å². The number of alkyl halides is 3. The fourth-order valence-corrected chi connectivity index (χ4v) is 3.22. The van der Waals surface area contributed by atoms with E-state index in [0.29, 0.717) is 12.8 Å². The number of rotatable bonds is 4. The van der Waals surface area contributed by atoms with E-state index in [-0.39, 0.29) is 6.04 Å². The fourth-order valence-electron chi connectivity index (χ4n) is 1.98. The monoisotopic (exact) mass is 363 g/mol. The Morgan fingerprint density at radius 1 is 1.35 bits per heavy atom. The van der Waals surface area contributed by atoms with Crippen molar-refractivity contribution in [2.45, 2.75) is 35.5 Å². The summed E-state index contributed by atoms with van der Waals surface area (Å²) in [5.74, 6) is 0.736. The minimum absolute atomic E-state index is 0.328. The van der Waals surface area contributed by atoms with E-state index in [9.17, 15) is 9.36 Å². The average Bonchev–Trinajstić information content (AvgIpc) is 2.39. The Labute approximate surface area is 133 Å². The van der Waals surface area contributed by atoms with Crippen LogP contribution in [0.15, 0.2) is 11.4 Å². The van der Waals surface area contributed by atoms with Crippen LogP contribution in [-0.2, 0) is 18.4 Å². The van der Waals surface area contributed by atoms with Crippen LogP contribution in [0.25, 0.3) is 0 Å². The van der Waals surface area contributed by atoms with Gasteiger partial charge in [0.05, 0.1) is 6.04 Å². The third-order valence-corrected chi connectivity index (χ3v) is 5.23. The topological polar surface area (TPSA) is 64.6 Å². The molecule has 0 radical (unpaired) electrons. The number of amides is 1. The van der Waals surface area contributed by atoms with Crippen LogP contribution in [0.1, 0.15) is 25.7 Å². The van der Waals surface area contributed by atoms with Gasteiger partial charge in [-0.25, -0.2) is 0 Å². The lowest BCUT2D eigenvalue weighted by Crippen LogP contribution is -2.43. The van der Waals surface area contributed by atoms with Gasteiger partial charge >= 0.3 is 7.60 Å². The molecule has 1 amide bonds. The summed E-state index contributed by atoms with van der Waals surface area (Å²) in [6.45, 7) is 0. The molecule has 1 rings (SSSR count). The molecule has 1 aliphatic carbocycles. The van der Waals surface area contributed by atoms with Crippen LogP contribution in [0.5, 0.6) is 0 Å². The first kappa shape index (κ1) is 18.3. The molecule has 116 valence electrons. The predicted octanol–water partition coefficient (Wildman–Crippen LogP) is 3.79. The number of hydrogen-bond donors (Lipinski definition) is 1. The number of carbonyl (C=O) groups is 1. The van der Waals surface area contributed by atoms with Gasteiger partial charge in [0.15, 0.2) is 0 Å². The Morgan fingerprint density at radius 3 is 2.45 bits per heavy atom. The number of hydrogen-bond acceptors (Lipinski definition) is 4. The van der Waals surface area contributed by atoms with Crippen molar-refractivity contribution in [3.8, 4) is 0 Å². The van der Waals surface area contributed by atoms with E-state index in [2.05, 4.69) is 5.32 Å². The summed E-state index contributed by atoms with van der Waals surface area (Å²) < 4.78 is 19.9. The minimum Gasteiger partial charge on any atom is -0.346 e. The molecule has 1 atom stereocenters. The lowest BCUT2D eigenvalue weighted by atomic mass is 9.91. The summed E-state index contributed by atoms with van der Waals surface area (Å²) >= 11 is 16.6. The van der Waals surface area contributed by atoms with E-state index in [1.54, 1.807) is 0 Å². The maximum atomic E-state index is 12.1. The lowest BCUT2D eigenvalue weighted by Gasteiger charge is -2.28. The van der Waals surface area contributed by atoms with Crippen molar-refractivity contribution < 1.29 is 18.4 Å². The van der Waals surface area contributed by atoms with Gasteiger partial charge in [-0.2, -0.15) is 0 Å². The molecule has 0 saturated heterocycles. The van der Waals surface area contributed by atoms with Crippen LogP contribution in [0.3, 0.4) is 0 Å². The van der Waals surface area contributed by atoms with Crippen molar-refractivity contribution in [2.75, 3.05) is 14.2 Å². The molecule has 1 fully saturated rings. The molecule has 1 aliphatic rings. The summed E-state index contributed by atoms with van der Waals surface area (Å²) in [6, 6.07) is -0.328. The highest BCUT2D eigenvalue weighted by molar-refractivity contribution is 7.57. The summed E-state index contributed by atoms with van der Waals surface area (Å²) in [4.78, 5) is 11.7. The van der Waals surface area contributed by atoms with Gasteiger partial charge in [-0.15, -0.1) is 0 Å². The Bertz CT molecular complexity index is 428. The largest absolute Gasteiger partial charge is 0.353 e. The van der Waals surface area contributed by atoms with Crippen LogP contribution in [0, 0.1) is 0 Å². The van der Waals surface area contributed by atoms with Crippen molar-refractivity contribution >= 4 is 48.3 Å². The van der Waals surface area contributed by atoms with Gasteiger partial charge in [0.2, 0.25) is 0 Å². The molecule has 20 heavy (non-hydrogen) atoms. The zero-order chi connectivity index (χ0) is 15.4. The number of nitrogens with one attached hydrogen (secondary N) is 1. The Kier molecular flexibility index (Phi) is 6.84. The Balaban J connectivity index is 2.90. The summed E-state index contributed by atoms with van der Waals surface area (Å²) in [5.41, 5.74) is 0.769. The highest BCUT2D eigenvalue weighted by atomic mass is 35.6. The van der Waals surface area contributed by atoms with Gasteiger partial charge in [-0.05, 0) is 24.8 Å². The normalized spacial score (nSPS) is 22.9. The molecule has 1 unspecified atom stereocenters. The number of halogens is 3. The van der Waals surface area contributed by atoms with E-state index in [1.165, 1.54) is 20.0 Å². The SMILES string of the molecule is COP(=O)(/C=C1\CCCCC1NC(=O)C(Cl)(Cl)Cl)OC. The standard InChI is InChI=1S/C11H17Cl3NO4P/c1-18-20(17,19-2)7-8-5-3-4-6-9(8)15-10(16)11(12,13)14/h7,9H,3-6H2,1-2H3,(H,15,16)/b8-7+. The molecular formula is C11H17Cl3NO4P. The number of carbonyl (C=O) groups excluding carboxylic acids is 1. The maximum absolute atomic E-state index is 12.1. The average molecular weight is 365 g/mol. The van der Waals surface area contributed by atoms with Crippen molar-refractivity contribution in [3.05, 3.63) is 11.4 Å². The first-order valence-electron chi connectivity index (χ1n) is 6.02. The minimum atomic E-state index is -3.28. The van der Waals surface area contributed by atoms with Gasteiger partial charge in [0.1, 0.15) is 0 Å². The molecule has 1 N–H and O–H groups in total. The van der Waals surface area contributed by atoms with Crippen LogP contribution < -0.4 is 5.32 Å². The van der Waals surface area contributed by atoms with E-state index < -0.39 is 17.3 Å². The molecule has 0 aromatic rings. The second-order valence-corrected chi connectivity index (χ2v) is 8.73. The first-order chi connectivity index (χ1) is 9.22. The van der Waals surface area contributed by atoms with E-state index in [4.69, 9.17) is 43.9 Å². The second kappa shape index (κ2) is 7.48. The van der Waals surface area contributed by atoms with E-state index in [1.807, 2.05) is 0 Å². The smallest absolute Gasteiger partial charge is 0.346 e. The summed E-state index contributed by atoms with van der Waals surface area (Å²) in [5, 5.41) is 2.64. The Hall–Kier alpha value is 0.230. The van der Waals surface area contributed by atoms with Gasteiger partial charge in [0.25, 0.3) is 9.70 Å². The van der Waals surface area contributed by atoms with Crippen LogP contribution in [0.4, 0.5) is 0 Å². The second-order valence-electron chi connectivity index (χ2n) is 4.38. The molecule has 0 aromatic carbocycles. The molecular weight excluding hydrogens is 347 g/mol. The summed E-state index contributed by atoms with van der Waals surface area (Å²) in [7, 11) is -0.674. The van der Waals surface area contributed by atoms with Crippen LogP contribution >= 0.6 is 42.4 Å². The lowest BCUT2D eigenvalue weighted by molar-refractivity contribution is -0.120. The van der Waals surface area contributed by atoms with Gasteiger partial charge in [-0.3, -0.25) is 9.36 Å². The van der Waals surface area contributed by atoms with Crippen molar-refractivity contribution in [3.63, 3.8) is 0 Å². The zero-order valence-corrected chi connectivity index (χ0v) is 14.4. The molecule has 0 aliphatic heterocycles. The quantitative estimate of drug-likeness (QED) is 0.609. The van der Waals surface area contributed by atoms with Crippen LogP contribution in [-0.4, -0.2) is 30.0 Å². The van der Waals surface area contributed by atoms with Crippen molar-refractivity contribution in [2.24, 2.45) is 0 Å². The highest BCUT2D eigenvalue weighted by Gasteiger charge is 2.34. The fraction of sp³-hybridized carbons (Fsp3) is 0.727. The zero-order valence-electron chi connectivity index (χ0n) is 11.2. The highest BCUT2D eigenvalue weighted by Crippen LogP contribution is 2.50. The third kappa shape index (κ3) is 5.21. The molecule has 0 aromatic heterocycles. The molecule has 0 heterocycles. The molecule has 5 nitrogen and oxygen atoms in total. The Morgan fingerprint density at radius 2 is 1.95 bits per heavy atom. The van der Waals surface area contributed by atoms with E-state index >= 15 is 0 Å². The predicted molar refractivity (Wildman–Crippen MR) is 80.4 cm³/mol. The molecule has 0 spiro atoms. The van der Waals surface area contributed by atoms with E-state index in [0.717, 1.165) is 18.4 Å². The van der Waals surface area contributed by atoms with Crippen molar-refractivity contribution in [1.82, 2.24) is 5.32 Å². The third-order valence-electron chi connectivity index (χ3n) is 3.05. The molecule has 1 saturated carbocycles. The maximum Gasteiger partial charge on any atom is 0.353 e. The van der Waals surface area contributed by atoms with Crippen molar-refractivity contribution in [1.29, 1.82) is 0 Å².